The summed E-state index contributed by atoms with van der Waals surface area (Å²) in [5.41, 5.74) is 2.21. The number of nitro groups is 1. The van der Waals surface area contributed by atoms with E-state index in [-0.39, 0.29) is 18.1 Å². The lowest BCUT2D eigenvalue weighted by atomic mass is 10.1. The molecule has 1 aliphatic heterocycles. The molecule has 9 nitrogen and oxygen atoms in total. The third-order valence-electron chi connectivity index (χ3n) is 4.74. The number of nitrogens with one attached hydrogen (secondary N) is 1. The van der Waals surface area contributed by atoms with Gasteiger partial charge in [-0.15, -0.1) is 0 Å². The number of aromatic nitrogens is 1. The lowest BCUT2D eigenvalue weighted by molar-refractivity contribution is -0.389. The van der Waals surface area contributed by atoms with Gasteiger partial charge in [-0.3, -0.25) is 14.5 Å². The molecule has 0 bridgehead atoms. The van der Waals surface area contributed by atoms with Crippen molar-refractivity contribution in [2.24, 2.45) is 0 Å². The Kier molecular flexibility index (Phi) is 5.31. The smallest absolute Gasteiger partial charge is 0.366 e. The van der Waals surface area contributed by atoms with Gasteiger partial charge < -0.3 is 20.2 Å². The van der Waals surface area contributed by atoms with Crippen LogP contribution in [-0.2, 0) is 9.59 Å². The van der Waals surface area contributed by atoms with E-state index < -0.39 is 28.7 Å². The molecule has 1 unspecified atom stereocenters. The monoisotopic (exact) mass is 418 g/mol. The zero-order valence-electron chi connectivity index (χ0n) is 16.5. The summed E-state index contributed by atoms with van der Waals surface area (Å²) >= 11 is 0. The highest BCUT2D eigenvalue weighted by molar-refractivity contribution is 6.05. The lowest BCUT2D eigenvalue weighted by Crippen LogP contribution is -2.45. The number of pyridine rings is 1. The molecule has 4 rings (SSSR count). The molecule has 1 aromatic heterocycles. The second kappa shape index (κ2) is 8.23. The number of nitrogens with zero attached hydrogens (tertiary/aromatic N) is 3. The van der Waals surface area contributed by atoms with Crippen molar-refractivity contribution in [2.45, 2.75) is 13.0 Å². The highest BCUT2D eigenvalue weighted by Gasteiger charge is 2.40. The molecular formula is C22H18N4O5. The van der Waals surface area contributed by atoms with Crippen LogP contribution in [0.3, 0.4) is 0 Å². The molecule has 0 radical (unpaired) electrons. The first-order valence-corrected chi connectivity index (χ1v) is 9.47. The van der Waals surface area contributed by atoms with Crippen molar-refractivity contribution in [1.29, 1.82) is 0 Å². The summed E-state index contributed by atoms with van der Waals surface area (Å²) in [5.74, 6) is -1.33. The number of aryl methyl sites for hydroxylation is 1. The minimum absolute atomic E-state index is 0.0644. The zero-order valence-corrected chi connectivity index (χ0v) is 16.5. The number of benzene rings is 2. The summed E-state index contributed by atoms with van der Waals surface area (Å²) in [6.07, 6.45) is -0.996. The van der Waals surface area contributed by atoms with Gasteiger partial charge in [-0.25, -0.2) is 0 Å². The molecule has 156 valence electrons. The number of carbonyl (C=O) groups excluding carboxylic acids is 2. The van der Waals surface area contributed by atoms with Crippen LogP contribution in [0.5, 0.6) is 5.75 Å². The van der Waals surface area contributed by atoms with Gasteiger partial charge >= 0.3 is 5.82 Å². The van der Waals surface area contributed by atoms with Crippen molar-refractivity contribution in [3.8, 4) is 5.75 Å². The fourth-order valence-electron chi connectivity index (χ4n) is 3.21. The van der Waals surface area contributed by atoms with E-state index in [1.165, 1.54) is 12.1 Å². The van der Waals surface area contributed by atoms with Crippen LogP contribution in [-0.4, -0.2) is 28.3 Å². The fraction of sp³-hybridized carbons (Fsp3) is 0.136. The van der Waals surface area contributed by atoms with Gasteiger partial charge in [0.25, 0.3) is 11.7 Å². The summed E-state index contributed by atoms with van der Waals surface area (Å²) in [4.78, 5) is 41.5. The molecule has 1 N–H and O–H groups in total. The van der Waals surface area contributed by atoms with Gasteiger partial charge in [0.15, 0.2) is 5.75 Å². The number of fused-ring (bicyclic) bond motifs is 1. The Hall–Kier alpha value is -4.27. The molecule has 0 fully saturated rings. The van der Waals surface area contributed by atoms with Crippen molar-refractivity contribution >= 4 is 29.1 Å². The van der Waals surface area contributed by atoms with Gasteiger partial charge in [0.05, 0.1) is 0 Å². The lowest BCUT2D eigenvalue weighted by Gasteiger charge is -2.30. The van der Waals surface area contributed by atoms with Gasteiger partial charge in [0.1, 0.15) is 6.54 Å². The van der Waals surface area contributed by atoms with Gasteiger partial charge in [-0.1, -0.05) is 48.0 Å². The molecule has 1 aliphatic rings. The summed E-state index contributed by atoms with van der Waals surface area (Å²) in [6, 6.07) is 18.6. The first kappa shape index (κ1) is 20.0. The van der Waals surface area contributed by atoms with Crippen LogP contribution in [0.25, 0.3) is 0 Å². The number of hydrogen-bond acceptors (Lipinski definition) is 6. The van der Waals surface area contributed by atoms with Crippen molar-refractivity contribution in [3.63, 3.8) is 0 Å². The summed E-state index contributed by atoms with van der Waals surface area (Å²) in [5, 5.41) is 13.9. The fourth-order valence-corrected chi connectivity index (χ4v) is 3.21. The molecule has 2 aromatic carbocycles. The van der Waals surface area contributed by atoms with E-state index in [2.05, 4.69) is 10.3 Å². The van der Waals surface area contributed by atoms with Crippen LogP contribution in [0.1, 0.15) is 17.2 Å². The molecule has 0 saturated carbocycles. The van der Waals surface area contributed by atoms with E-state index in [4.69, 9.17) is 4.74 Å². The second-order valence-electron chi connectivity index (χ2n) is 7.00. The number of hydrogen-bond donors (Lipinski definition) is 1. The number of amides is 2. The highest BCUT2D eigenvalue weighted by atomic mass is 16.6. The molecule has 2 amide bonds. The number of rotatable bonds is 5. The molecule has 0 aliphatic carbocycles. The Morgan fingerprint density at radius 2 is 1.84 bits per heavy atom. The zero-order chi connectivity index (χ0) is 22.0. The SMILES string of the molecule is Cc1ccc(NC(=O)CN2C(=O)C(c3ccccc3)Oc3ccc([N+](=O)[O-])nc32)cc1. The first-order valence-electron chi connectivity index (χ1n) is 9.47. The van der Waals surface area contributed by atoms with E-state index in [0.717, 1.165) is 10.5 Å². The van der Waals surface area contributed by atoms with E-state index in [1.54, 1.807) is 36.4 Å². The predicted molar refractivity (Wildman–Crippen MR) is 113 cm³/mol. The van der Waals surface area contributed by atoms with Gasteiger partial charge in [-0.05, 0) is 35.0 Å². The van der Waals surface area contributed by atoms with Gasteiger partial charge in [-0.2, -0.15) is 0 Å². The first-order chi connectivity index (χ1) is 14.9. The van der Waals surface area contributed by atoms with Crippen molar-refractivity contribution < 1.29 is 19.2 Å². The maximum atomic E-state index is 13.2. The van der Waals surface area contributed by atoms with E-state index in [1.807, 2.05) is 25.1 Å². The Morgan fingerprint density at radius 3 is 2.52 bits per heavy atom. The Labute approximate surface area is 177 Å². The average molecular weight is 418 g/mol. The van der Waals surface area contributed by atoms with Crippen LogP contribution in [0, 0.1) is 17.0 Å². The Balaban J connectivity index is 1.66. The van der Waals surface area contributed by atoms with Crippen LogP contribution >= 0.6 is 0 Å². The van der Waals surface area contributed by atoms with E-state index in [9.17, 15) is 19.7 Å². The predicted octanol–water partition coefficient (Wildman–Crippen LogP) is 3.40. The summed E-state index contributed by atoms with van der Waals surface area (Å²) in [7, 11) is 0. The third kappa shape index (κ3) is 4.20. The topological polar surface area (TPSA) is 115 Å². The second-order valence-corrected chi connectivity index (χ2v) is 7.00. The van der Waals surface area contributed by atoms with Crippen LogP contribution < -0.4 is 15.0 Å². The highest BCUT2D eigenvalue weighted by Crippen LogP contribution is 2.38. The largest absolute Gasteiger partial charge is 0.469 e. The standard InChI is InChI=1S/C22H18N4O5/c1-14-7-9-16(10-8-14)23-19(27)13-25-21-17(11-12-18(24-21)26(29)30)31-20(22(25)28)15-5-3-2-4-6-15/h2-12,20H,13H2,1H3,(H,23,27). The minimum atomic E-state index is -0.996. The Morgan fingerprint density at radius 1 is 1.13 bits per heavy atom. The number of anilines is 2. The molecular weight excluding hydrogens is 400 g/mol. The average Bonchev–Trinajstić information content (AvgIpc) is 2.77. The van der Waals surface area contributed by atoms with Crippen molar-refractivity contribution in [2.75, 3.05) is 16.8 Å². The molecule has 31 heavy (non-hydrogen) atoms. The maximum absolute atomic E-state index is 13.2. The van der Waals surface area contributed by atoms with Gasteiger partial charge in [0, 0.05) is 17.3 Å². The Bertz CT molecular complexity index is 1150. The van der Waals surface area contributed by atoms with Crippen LogP contribution in [0.15, 0.2) is 66.7 Å². The van der Waals surface area contributed by atoms with E-state index >= 15 is 0 Å². The van der Waals surface area contributed by atoms with Gasteiger partial charge in [0.2, 0.25) is 12.0 Å². The number of ether oxygens (including phenoxy) is 1. The molecule has 1 atom stereocenters. The van der Waals surface area contributed by atoms with Crippen molar-refractivity contribution in [3.05, 3.63) is 88.0 Å². The van der Waals surface area contributed by atoms with E-state index in [0.29, 0.717) is 11.3 Å². The molecule has 3 aromatic rings. The summed E-state index contributed by atoms with van der Waals surface area (Å²) in [6.45, 7) is 1.55. The molecule has 2 heterocycles. The quantitative estimate of drug-likeness (QED) is 0.502. The summed E-state index contributed by atoms with van der Waals surface area (Å²) < 4.78 is 5.80. The minimum Gasteiger partial charge on any atom is -0.469 e. The van der Waals surface area contributed by atoms with Crippen LogP contribution in [0.2, 0.25) is 0 Å². The number of carbonyl (C=O) groups is 2. The van der Waals surface area contributed by atoms with Crippen LogP contribution in [0.4, 0.5) is 17.3 Å². The molecule has 0 saturated heterocycles. The van der Waals surface area contributed by atoms with Crippen molar-refractivity contribution in [1.82, 2.24) is 4.98 Å². The normalized spacial score (nSPS) is 15.1. The third-order valence-corrected chi connectivity index (χ3v) is 4.74. The molecule has 0 spiro atoms. The molecule has 9 heteroatoms. The maximum Gasteiger partial charge on any atom is 0.366 e.